The van der Waals surface area contributed by atoms with Crippen LogP contribution in [0.3, 0.4) is 0 Å². The first-order valence-corrected chi connectivity index (χ1v) is 11.1. The predicted molar refractivity (Wildman–Crippen MR) is 123 cm³/mol. The van der Waals surface area contributed by atoms with Crippen LogP contribution in [0.5, 0.6) is 0 Å². The number of benzene rings is 1. The number of hydrogen-bond acceptors (Lipinski definition) is 6. The molecule has 1 aliphatic carbocycles. The predicted octanol–water partition coefficient (Wildman–Crippen LogP) is 4.00. The lowest BCUT2D eigenvalue weighted by Gasteiger charge is -2.22. The molecule has 3 heterocycles. The fraction of sp³-hybridized carbons (Fsp3) is 0.240. The smallest absolute Gasteiger partial charge is 0.378 e. The Balaban J connectivity index is 1.51. The van der Waals surface area contributed by atoms with Crippen LogP contribution in [0.2, 0.25) is 0 Å². The first kappa shape index (κ1) is 23.6. The zero-order chi connectivity index (χ0) is 25.3. The lowest BCUT2D eigenvalue weighted by Crippen LogP contribution is -2.38. The highest BCUT2D eigenvalue weighted by Crippen LogP contribution is 2.34. The van der Waals surface area contributed by atoms with E-state index in [-0.39, 0.29) is 29.4 Å². The lowest BCUT2D eigenvalue weighted by atomic mass is 9.90. The number of nitrogens with one attached hydrogen (secondary N) is 1. The van der Waals surface area contributed by atoms with Crippen LogP contribution in [-0.4, -0.2) is 43.9 Å². The zero-order valence-electron chi connectivity index (χ0n) is 19.2. The lowest BCUT2D eigenvalue weighted by molar-refractivity contribution is -0.155. The number of aryl methyl sites for hydroxylation is 2. The number of carbonyl (C=O) groups excluding carboxylic acids is 1. The molecule has 1 aliphatic rings. The number of pyridine rings is 1. The number of alkyl halides is 3. The van der Waals surface area contributed by atoms with E-state index in [0.717, 1.165) is 35.9 Å². The van der Waals surface area contributed by atoms with Crippen molar-refractivity contribution in [3.8, 4) is 17.2 Å². The van der Waals surface area contributed by atoms with Gasteiger partial charge in [0.05, 0.1) is 29.8 Å². The monoisotopic (exact) mass is 494 g/mol. The standard InChI is InChI=1S/C25H21F3N6O2/c1-36-14-20-19(23(35)33-22(25(26,27)28)17-6-4-10-29-11-17)13-31-34(20)24-30-12-16-9-8-15-5-2-3-7-18(15)21(16)32-24/h2-7,10-13,22H,8-9,14H2,1H3,(H,33,35). The summed E-state index contributed by atoms with van der Waals surface area (Å²) in [5.74, 6) is -0.765. The molecule has 1 unspecified atom stereocenters. The van der Waals surface area contributed by atoms with E-state index in [2.05, 4.69) is 20.4 Å². The molecule has 3 aromatic heterocycles. The molecule has 0 saturated heterocycles. The van der Waals surface area contributed by atoms with Crippen LogP contribution in [0.25, 0.3) is 17.2 Å². The van der Waals surface area contributed by atoms with Gasteiger partial charge in [-0.1, -0.05) is 30.3 Å². The molecule has 11 heteroatoms. The Kier molecular flexibility index (Phi) is 6.23. The Morgan fingerprint density at radius 1 is 1.11 bits per heavy atom. The van der Waals surface area contributed by atoms with Gasteiger partial charge in [0.2, 0.25) is 0 Å². The third-order valence-electron chi connectivity index (χ3n) is 5.99. The second-order valence-corrected chi connectivity index (χ2v) is 8.29. The van der Waals surface area contributed by atoms with Gasteiger partial charge in [-0.3, -0.25) is 9.78 Å². The Morgan fingerprint density at radius 3 is 2.67 bits per heavy atom. The molecule has 1 aromatic carbocycles. The highest BCUT2D eigenvalue weighted by molar-refractivity contribution is 5.95. The van der Waals surface area contributed by atoms with Crippen LogP contribution in [0.1, 0.15) is 38.8 Å². The van der Waals surface area contributed by atoms with Crippen LogP contribution in [0.15, 0.2) is 61.2 Å². The highest BCUT2D eigenvalue weighted by Gasteiger charge is 2.42. The van der Waals surface area contributed by atoms with Crippen molar-refractivity contribution in [2.75, 3.05) is 7.11 Å². The molecule has 4 aromatic rings. The molecule has 1 amide bonds. The van der Waals surface area contributed by atoms with Crippen molar-refractivity contribution in [3.63, 3.8) is 0 Å². The summed E-state index contributed by atoms with van der Waals surface area (Å²) in [6.07, 6.45) is 2.27. The molecule has 184 valence electrons. The molecular weight excluding hydrogens is 473 g/mol. The second-order valence-electron chi connectivity index (χ2n) is 8.29. The fourth-order valence-corrected chi connectivity index (χ4v) is 4.28. The number of ether oxygens (including phenoxy) is 1. The maximum atomic E-state index is 13.8. The number of fused-ring (bicyclic) bond motifs is 3. The van der Waals surface area contributed by atoms with E-state index in [1.54, 1.807) is 6.20 Å². The molecular formula is C25H21F3N6O2. The minimum atomic E-state index is -4.73. The largest absolute Gasteiger partial charge is 0.412 e. The maximum absolute atomic E-state index is 13.8. The molecule has 0 fully saturated rings. The third-order valence-corrected chi connectivity index (χ3v) is 5.99. The second kappa shape index (κ2) is 9.50. The molecule has 0 bridgehead atoms. The molecule has 0 spiro atoms. The van der Waals surface area contributed by atoms with Crippen LogP contribution < -0.4 is 5.32 Å². The number of carbonyl (C=O) groups is 1. The van der Waals surface area contributed by atoms with Crippen molar-refractivity contribution in [2.24, 2.45) is 0 Å². The molecule has 1 N–H and O–H groups in total. The van der Waals surface area contributed by atoms with Gasteiger partial charge >= 0.3 is 6.18 Å². The number of halogens is 3. The summed E-state index contributed by atoms with van der Waals surface area (Å²) in [6, 6.07) is 8.32. The maximum Gasteiger partial charge on any atom is 0.412 e. The Hall–Kier alpha value is -4.12. The quantitative estimate of drug-likeness (QED) is 0.436. The van der Waals surface area contributed by atoms with Crippen LogP contribution >= 0.6 is 0 Å². The number of hydrogen-bond donors (Lipinski definition) is 1. The van der Waals surface area contributed by atoms with Gasteiger partial charge in [0.1, 0.15) is 0 Å². The molecule has 0 saturated carbocycles. The Morgan fingerprint density at radius 2 is 1.92 bits per heavy atom. The van der Waals surface area contributed by atoms with Gasteiger partial charge in [-0.15, -0.1) is 0 Å². The SMILES string of the molecule is COCc1c(C(=O)NC(c2cccnc2)C(F)(F)F)cnn1-c1ncc2c(n1)-c1ccccc1CC2. The van der Waals surface area contributed by atoms with Gasteiger partial charge in [0, 0.05) is 36.8 Å². The normalized spacial score (nSPS) is 13.6. The van der Waals surface area contributed by atoms with Crippen LogP contribution in [-0.2, 0) is 24.2 Å². The highest BCUT2D eigenvalue weighted by atomic mass is 19.4. The van der Waals surface area contributed by atoms with E-state index in [0.29, 0.717) is 0 Å². The van der Waals surface area contributed by atoms with Crippen molar-refractivity contribution >= 4 is 5.91 Å². The number of rotatable bonds is 6. The van der Waals surface area contributed by atoms with Gasteiger partial charge in [0.15, 0.2) is 6.04 Å². The van der Waals surface area contributed by atoms with Gasteiger partial charge in [-0.2, -0.15) is 23.0 Å². The summed E-state index contributed by atoms with van der Waals surface area (Å²) in [6.45, 7) is -0.0939. The summed E-state index contributed by atoms with van der Waals surface area (Å²) in [5.41, 5.74) is 3.88. The average molecular weight is 494 g/mol. The minimum absolute atomic E-state index is 0.0725. The molecule has 36 heavy (non-hydrogen) atoms. The molecule has 0 aliphatic heterocycles. The van der Waals surface area contributed by atoms with E-state index in [1.165, 1.54) is 41.9 Å². The number of methoxy groups -OCH3 is 1. The van der Waals surface area contributed by atoms with Gasteiger partial charge < -0.3 is 10.1 Å². The van der Waals surface area contributed by atoms with Gasteiger partial charge in [-0.25, -0.2) is 9.97 Å². The third kappa shape index (κ3) is 4.44. The fourth-order valence-electron chi connectivity index (χ4n) is 4.28. The van der Waals surface area contributed by atoms with E-state index < -0.39 is 18.1 Å². The molecule has 0 radical (unpaired) electrons. The van der Waals surface area contributed by atoms with E-state index in [1.807, 2.05) is 24.3 Å². The van der Waals surface area contributed by atoms with Gasteiger partial charge in [0.25, 0.3) is 11.9 Å². The van der Waals surface area contributed by atoms with Crippen LogP contribution in [0.4, 0.5) is 13.2 Å². The zero-order valence-corrected chi connectivity index (χ0v) is 19.2. The van der Waals surface area contributed by atoms with Crippen molar-refractivity contribution in [2.45, 2.75) is 31.7 Å². The minimum Gasteiger partial charge on any atom is -0.378 e. The van der Waals surface area contributed by atoms with E-state index in [9.17, 15) is 18.0 Å². The summed E-state index contributed by atoms with van der Waals surface area (Å²) >= 11 is 0. The van der Waals surface area contributed by atoms with Crippen molar-refractivity contribution in [3.05, 3.63) is 89.1 Å². The molecule has 1 atom stereocenters. The van der Waals surface area contributed by atoms with Crippen LogP contribution in [0, 0.1) is 0 Å². The molecule has 8 nitrogen and oxygen atoms in total. The van der Waals surface area contributed by atoms with E-state index in [4.69, 9.17) is 9.72 Å². The topological polar surface area (TPSA) is 94.8 Å². The summed E-state index contributed by atoms with van der Waals surface area (Å²) < 4.78 is 47.9. The van der Waals surface area contributed by atoms with Crippen molar-refractivity contribution < 1.29 is 22.7 Å². The van der Waals surface area contributed by atoms with Crippen molar-refractivity contribution in [1.29, 1.82) is 0 Å². The summed E-state index contributed by atoms with van der Waals surface area (Å²) in [7, 11) is 1.41. The number of aromatic nitrogens is 5. The van der Waals surface area contributed by atoms with Gasteiger partial charge in [-0.05, 0) is 30.0 Å². The Bertz CT molecular complexity index is 1400. The summed E-state index contributed by atoms with van der Waals surface area (Å²) in [4.78, 5) is 25.9. The average Bonchev–Trinajstić information content (AvgIpc) is 3.30. The Labute approximate surface area is 204 Å². The van der Waals surface area contributed by atoms with E-state index >= 15 is 0 Å². The summed E-state index contributed by atoms with van der Waals surface area (Å²) in [5, 5.41) is 6.29. The first-order valence-electron chi connectivity index (χ1n) is 11.1. The van der Waals surface area contributed by atoms with Crippen molar-refractivity contribution in [1.82, 2.24) is 30.0 Å². The number of nitrogens with zero attached hydrogens (tertiary/aromatic N) is 5. The number of amides is 1. The first-order chi connectivity index (χ1) is 17.4. The molecule has 5 rings (SSSR count).